The number of piperazine rings is 1. The van der Waals surface area contributed by atoms with Gasteiger partial charge in [0.1, 0.15) is 12.1 Å². The largest absolute Gasteiger partial charge is 0.342 e. The van der Waals surface area contributed by atoms with Gasteiger partial charge in [0.2, 0.25) is 11.8 Å². The standard InChI is InChI=1S/C16H28N2O2/c1-4-7-13-15(19)17-14(12-8-9-12)16(20)18(13)10-11(5-2)6-3/h11-14H,4-10H2,1-3H3,(H,17,19). The Hall–Kier alpha value is -1.06. The summed E-state index contributed by atoms with van der Waals surface area (Å²) in [5, 5.41) is 2.97. The summed E-state index contributed by atoms with van der Waals surface area (Å²) in [7, 11) is 0. The van der Waals surface area contributed by atoms with E-state index in [9.17, 15) is 9.59 Å². The molecule has 2 atom stereocenters. The number of hydrogen-bond acceptors (Lipinski definition) is 2. The zero-order valence-electron chi connectivity index (χ0n) is 13.0. The summed E-state index contributed by atoms with van der Waals surface area (Å²) in [5.74, 6) is 1.12. The second-order valence-corrected chi connectivity index (χ2v) is 6.30. The summed E-state index contributed by atoms with van der Waals surface area (Å²) < 4.78 is 0. The van der Waals surface area contributed by atoms with Crippen molar-refractivity contribution >= 4 is 11.8 Å². The van der Waals surface area contributed by atoms with Gasteiger partial charge in [-0.2, -0.15) is 0 Å². The Labute approximate surface area is 122 Å². The molecule has 0 aromatic rings. The van der Waals surface area contributed by atoms with Crippen LogP contribution in [0.15, 0.2) is 0 Å². The maximum Gasteiger partial charge on any atom is 0.246 e. The lowest BCUT2D eigenvalue weighted by molar-refractivity contribution is -0.151. The van der Waals surface area contributed by atoms with Crippen molar-refractivity contribution in [1.82, 2.24) is 10.2 Å². The highest BCUT2D eigenvalue weighted by Crippen LogP contribution is 2.35. The highest BCUT2D eigenvalue weighted by Gasteiger charge is 2.46. The average molecular weight is 280 g/mol. The molecule has 20 heavy (non-hydrogen) atoms. The van der Waals surface area contributed by atoms with Gasteiger partial charge in [-0.25, -0.2) is 0 Å². The van der Waals surface area contributed by atoms with E-state index in [1.807, 2.05) is 4.90 Å². The molecular weight excluding hydrogens is 252 g/mol. The predicted octanol–water partition coefficient (Wildman–Crippen LogP) is 2.33. The maximum atomic E-state index is 12.7. The lowest BCUT2D eigenvalue weighted by Crippen LogP contribution is -2.64. The van der Waals surface area contributed by atoms with E-state index in [4.69, 9.17) is 0 Å². The molecule has 0 spiro atoms. The van der Waals surface area contributed by atoms with Crippen LogP contribution in [-0.4, -0.2) is 35.3 Å². The third-order valence-electron chi connectivity index (χ3n) is 4.79. The van der Waals surface area contributed by atoms with Crippen LogP contribution in [-0.2, 0) is 9.59 Å². The zero-order valence-corrected chi connectivity index (χ0v) is 13.0. The summed E-state index contributed by atoms with van der Waals surface area (Å²) >= 11 is 0. The second kappa shape index (κ2) is 6.59. The molecular formula is C16H28N2O2. The SMILES string of the molecule is CCCC1C(=O)NC(C2CC2)C(=O)N1CC(CC)CC. The van der Waals surface area contributed by atoms with Crippen molar-refractivity contribution in [3.8, 4) is 0 Å². The summed E-state index contributed by atoms with van der Waals surface area (Å²) in [6.45, 7) is 7.14. The van der Waals surface area contributed by atoms with E-state index < -0.39 is 0 Å². The maximum absolute atomic E-state index is 12.7. The monoisotopic (exact) mass is 280 g/mol. The predicted molar refractivity (Wildman–Crippen MR) is 79.1 cm³/mol. The Morgan fingerprint density at radius 3 is 2.35 bits per heavy atom. The van der Waals surface area contributed by atoms with Crippen LogP contribution in [0.2, 0.25) is 0 Å². The number of nitrogens with one attached hydrogen (secondary N) is 1. The fraction of sp³-hybridized carbons (Fsp3) is 0.875. The first-order chi connectivity index (χ1) is 9.62. The number of carbonyl (C=O) groups is 2. The van der Waals surface area contributed by atoms with E-state index in [2.05, 4.69) is 26.1 Å². The van der Waals surface area contributed by atoms with Gasteiger partial charge in [0.15, 0.2) is 0 Å². The Balaban J connectivity index is 2.14. The lowest BCUT2D eigenvalue weighted by Gasteiger charge is -2.40. The smallest absolute Gasteiger partial charge is 0.246 e. The minimum atomic E-state index is -0.247. The molecule has 1 saturated carbocycles. The quantitative estimate of drug-likeness (QED) is 0.778. The van der Waals surface area contributed by atoms with E-state index in [0.29, 0.717) is 11.8 Å². The third-order valence-corrected chi connectivity index (χ3v) is 4.79. The highest BCUT2D eigenvalue weighted by molar-refractivity contribution is 5.97. The molecule has 1 N–H and O–H groups in total. The Morgan fingerprint density at radius 2 is 1.85 bits per heavy atom. The van der Waals surface area contributed by atoms with Gasteiger partial charge >= 0.3 is 0 Å². The second-order valence-electron chi connectivity index (χ2n) is 6.30. The summed E-state index contributed by atoms with van der Waals surface area (Å²) in [6, 6.07) is -0.493. The van der Waals surface area contributed by atoms with Crippen molar-refractivity contribution in [3.63, 3.8) is 0 Å². The summed E-state index contributed by atoms with van der Waals surface area (Å²) in [4.78, 5) is 26.9. The molecule has 1 aliphatic heterocycles. The lowest BCUT2D eigenvalue weighted by atomic mass is 9.96. The van der Waals surface area contributed by atoms with Crippen molar-refractivity contribution in [2.45, 2.75) is 71.4 Å². The van der Waals surface area contributed by atoms with Gasteiger partial charge in [-0.05, 0) is 31.1 Å². The molecule has 0 bridgehead atoms. The van der Waals surface area contributed by atoms with Crippen molar-refractivity contribution in [2.24, 2.45) is 11.8 Å². The fourth-order valence-electron chi connectivity index (χ4n) is 3.14. The van der Waals surface area contributed by atoms with Crippen molar-refractivity contribution < 1.29 is 9.59 Å². The molecule has 2 unspecified atom stereocenters. The zero-order chi connectivity index (χ0) is 14.7. The molecule has 2 amide bonds. The normalized spacial score (nSPS) is 27.1. The first-order valence-electron chi connectivity index (χ1n) is 8.23. The fourth-order valence-corrected chi connectivity index (χ4v) is 3.14. The molecule has 4 nitrogen and oxygen atoms in total. The minimum absolute atomic E-state index is 0.0642. The van der Waals surface area contributed by atoms with Crippen molar-refractivity contribution in [2.75, 3.05) is 6.54 Å². The molecule has 1 aliphatic carbocycles. The molecule has 114 valence electrons. The number of amides is 2. The van der Waals surface area contributed by atoms with Crippen LogP contribution in [0.25, 0.3) is 0 Å². The van der Waals surface area contributed by atoms with Crippen molar-refractivity contribution in [3.05, 3.63) is 0 Å². The number of carbonyl (C=O) groups excluding carboxylic acids is 2. The van der Waals surface area contributed by atoms with Gasteiger partial charge in [-0.3, -0.25) is 9.59 Å². The summed E-state index contributed by atoms with van der Waals surface area (Å²) in [5.41, 5.74) is 0. The van der Waals surface area contributed by atoms with E-state index >= 15 is 0 Å². The molecule has 0 radical (unpaired) electrons. The van der Waals surface area contributed by atoms with E-state index in [-0.39, 0.29) is 23.9 Å². The molecule has 2 fully saturated rings. The highest BCUT2D eigenvalue weighted by atomic mass is 16.2. The molecule has 1 saturated heterocycles. The van der Waals surface area contributed by atoms with E-state index in [0.717, 1.165) is 45.1 Å². The molecule has 0 aromatic carbocycles. The molecule has 4 heteroatoms. The Morgan fingerprint density at radius 1 is 1.20 bits per heavy atom. The number of hydrogen-bond donors (Lipinski definition) is 1. The molecule has 2 aliphatic rings. The van der Waals surface area contributed by atoms with Crippen LogP contribution in [0.1, 0.15) is 59.3 Å². The van der Waals surface area contributed by atoms with Crippen LogP contribution in [0.4, 0.5) is 0 Å². The van der Waals surface area contributed by atoms with Crippen LogP contribution in [0.5, 0.6) is 0 Å². The molecule has 2 rings (SSSR count). The first-order valence-corrected chi connectivity index (χ1v) is 8.23. The van der Waals surface area contributed by atoms with Gasteiger partial charge in [-0.15, -0.1) is 0 Å². The Kier molecular flexibility index (Phi) is 5.06. The van der Waals surface area contributed by atoms with Crippen LogP contribution in [0.3, 0.4) is 0 Å². The van der Waals surface area contributed by atoms with Gasteiger partial charge in [0.05, 0.1) is 0 Å². The first kappa shape index (κ1) is 15.3. The van der Waals surface area contributed by atoms with E-state index in [1.54, 1.807) is 0 Å². The average Bonchev–Trinajstić information content (AvgIpc) is 3.27. The Bertz CT molecular complexity index is 361. The van der Waals surface area contributed by atoms with Gasteiger partial charge < -0.3 is 10.2 Å². The topological polar surface area (TPSA) is 49.4 Å². The third kappa shape index (κ3) is 3.15. The number of nitrogens with zero attached hydrogens (tertiary/aromatic N) is 1. The van der Waals surface area contributed by atoms with Gasteiger partial charge in [0.25, 0.3) is 0 Å². The summed E-state index contributed by atoms with van der Waals surface area (Å²) in [6.07, 6.45) is 5.99. The van der Waals surface area contributed by atoms with Crippen LogP contribution in [0, 0.1) is 11.8 Å². The van der Waals surface area contributed by atoms with E-state index in [1.165, 1.54) is 0 Å². The van der Waals surface area contributed by atoms with Gasteiger partial charge in [0, 0.05) is 6.54 Å². The van der Waals surface area contributed by atoms with Crippen molar-refractivity contribution in [1.29, 1.82) is 0 Å². The molecule has 1 heterocycles. The minimum Gasteiger partial charge on any atom is -0.342 e. The number of rotatable bonds is 7. The van der Waals surface area contributed by atoms with Crippen LogP contribution < -0.4 is 5.32 Å². The molecule has 0 aromatic heterocycles. The van der Waals surface area contributed by atoms with Crippen LogP contribution >= 0.6 is 0 Å². The van der Waals surface area contributed by atoms with Gasteiger partial charge in [-0.1, -0.05) is 40.0 Å².